The zero-order chi connectivity index (χ0) is 21.1. The fourth-order valence-electron chi connectivity index (χ4n) is 3.60. The molecular formula is C22H27NO6. The summed E-state index contributed by atoms with van der Waals surface area (Å²) in [6.07, 6.45) is 0.202. The number of nitrogens with one attached hydrogen (secondary N) is 1. The summed E-state index contributed by atoms with van der Waals surface area (Å²) in [6.45, 7) is 4.28. The second kappa shape index (κ2) is 8.51. The predicted octanol–water partition coefficient (Wildman–Crippen LogP) is 3.35. The smallest absolute Gasteiger partial charge is 0.224 e. The lowest BCUT2D eigenvalue weighted by Crippen LogP contribution is -2.31. The van der Waals surface area contributed by atoms with Crippen LogP contribution in [0.2, 0.25) is 0 Å². The van der Waals surface area contributed by atoms with Gasteiger partial charge in [0.2, 0.25) is 11.7 Å². The molecule has 1 N–H and O–H groups in total. The summed E-state index contributed by atoms with van der Waals surface area (Å²) < 4.78 is 28.3. The Bertz CT molecular complexity index is 922. The van der Waals surface area contributed by atoms with E-state index in [1.165, 1.54) is 0 Å². The molecule has 0 saturated heterocycles. The summed E-state index contributed by atoms with van der Waals surface area (Å²) in [5.74, 6) is 2.79. The number of rotatable bonds is 7. The van der Waals surface area contributed by atoms with Gasteiger partial charge in [-0.2, -0.15) is 0 Å². The number of hydrogen-bond donors (Lipinski definition) is 1. The van der Waals surface area contributed by atoms with Gasteiger partial charge in [-0.1, -0.05) is 0 Å². The van der Waals surface area contributed by atoms with E-state index < -0.39 is 0 Å². The molecule has 0 aromatic heterocycles. The molecule has 0 fully saturated rings. The van der Waals surface area contributed by atoms with Crippen molar-refractivity contribution in [1.29, 1.82) is 0 Å². The zero-order valence-corrected chi connectivity index (χ0v) is 17.7. The van der Waals surface area contributed by atoms with Crippen molar-refractivity contribution >= 4 is 5.91 Å². The molecule has 156 valence electrons. The Morgan fingerprint density at radius 3 is 2.10 bits per heavy atom. The Balaban J connectivity index is 2.32. The summed E-state index contributed by atoms with van der Waals surface area (Å²) in [5.41, 5.74) is 3.41. The standard InChI is InChI=1S/C22H27NO6/c1-12(2)29-20-16-11-23-19(24)10-15(16)14(9-18(20)26-4)13-7-8-17(25-3)22(28-6)21(13)27-5/h7-9,12H,10-11H2,1-6H3,(H,23,24). The summed E-state index contributed by atoms with van der Waals surface area (Å²) in [6, 6.07) is 5.60. The van der Waals surface area contributed by atoms with E-state index in [0.717, 1.165) is 22.3 Å². The molecule has 0 atom stereocenters. The zero-order valence-electron chi connectivity index (χ0n) is 17.7. The molecule has 7 nitrogen and oxygen atoms in total. The Labute approximate surface area is 170 Å². The average molecular weight is 401 g/mol. The first-order valence-electron chi connectivity index (χ1n) is 9.40. The maximum absolute atomic E-state index is 12.2. The maximum atomic E-state index is 12.2. The Morgan fingerprint density at radius 1 is 0.828 bits per heavy atom. The van der Waals surface area contributed by atoms with E-state index in [1.54, 1.807) is 28.4 Å². The van der Waals surface area contributed by atoms with Crippen LogP contribution in [0, 0.1) is 0 Å². The minimum Gasteiger partial charge on any atom is -0.493 e. The molecule has 3 rings (SSSR count). The fourth-order valence-corrected chi connectivity index (χ4v) is 3.60. The molecule has 0 saturated carbocycles. The van der Waals surface area contributed by atoms with Gasteiger partial charge < -0.3 is 29.0 Å². The van der Waals surface area contributed by atoms with Crippen molar-refractivity contribution < 1.29 is 28.5 Å². The van der Waals surface area contributed by atoms with Gasteiger partial charge in [0.25, 0.3) is 0 Å². The highest BCUT2D eigenvalue weighted by Gasteiger charge is 2.29. The van der Waals surface area contributed by atoms with E-state index in [0.29, 0.717) is 35.3 Å². The second-order valence-electron chi connectivity index (χ2n) is 6.91. The highest BCUT2D eigenvalue weighted by Crippen LogP contribution is 2.49. The van der Waals surface area contributed by atoms with E-state index in [9.17, 15) is 4.79 Å². The van der Waals surface area contributed by atoms with Crippen molar-refractivity contribution in [2.75, 3.05) is 28.4 Å². The predicted molar refractivity (Wildman–Crippen MR) is 109 cm³/mol. The molecule has 1 amide bonds. The van der Waals surface area contributed by atoms with Crippen LogP contribution in [0.5, 0.6) is 28.7 Å². The van der Waals surface area contributed by atoms with Crippen molar-refractivity contribution in [2.24, 2.45) is 0 Å². The molecule has 29 heavy (non-hydrogen) atoms. The molecule has 1 heterocycles. The summed E-state index contributed by atoms with van der Waals surface area (Å²) >= 11 is 0. The lowest BCUT2D eigenvalue weighted by atomic mass is 9.89. The van der Waals surface area contributed by atoms with Gasteiger partial charge in [0.15, 0.2) is 23.0 Å². The second-order valence-corrected chi connectivity index (χ2v) is 6.91. The molecule has 0 radical (unpaired) electrons. The van der Waals surface area contributed by atoms with E-state index in [1.807, 2.05) is 32.0 Å². The minimum atomic E-state index is -0.0427. The topological polar surface area (TPSA) is 75.2 Å². The Morgan fingerprint density at radius 2 is 1.52 bits per heavy atom. The van der Waals surface area contributed by atoms with Crippen molar-refractivity contribution in [2.45, 2.75) is 32.9 Å². The van der Waals surface area contributed by atoms with Gasteiger partial charge in [0.1, 0.15) is 0 Å². The number of carbonyl (C=O) groups excluding carboxylic acids is 1. The van der Waals surface area contributed by atoms with Crippen molar-refractivity contribution in [1.82, 2.24) is 5.32 Å². The number of benzene rings is 2. The van der Waals surface area contributed by atoms with Crippen LogP contribution in [0.4, 0.5) is 0 Å². The molecule has 0 spiro atoms. The van der Waals surface area contributed by atoms with E-state index in [2.05, 4.69) is 5.32 Å². The normalized spacial score (nSPS) is 12.9. The number of hydrogen-bond acceptors (Lipinski definition) is 6. The molecule has 0 bridgehead atoms. The fraction of sp³-hybridized carbons (Fsp3) is 0.409. The minimum absolute atomic E-state index is 0.0351. The van der Waals surface area contributed by atoms with Crippen molar-refractivity contribution in [3.8, 4) is 39.9 Å². The van der Waals surface area contributed by atoms with Gasteiger partial charge in [-0.05, 0) is 43.2 Å². The average Bonchev–Trinajstić information content (AvgIpc) is 2.72. The lowest BCUT2D eigenvalue weighted by Gasteiger charge is -2.27. The summed E-state index contributed by atoms with van der Waals surface area (Å²) in [7, 11) is 6.32. The number of amides is 1. The van der Waals surface area contributed by atoms with Crippen LogP contribution < -0.4 is 29.0 Å². The molecule has 0 aliphatic carbocycles. The number of methoxy groups -OCH3 is 4. The van der Waals surface area contributed by atoms with Gasteiger partial charge in [-0.3, -0.25) is 4.79 Å². The molecule has 2 aromatic carbocycles. The van der Waals surface area contributed by atoms with Gasteiger partial charge in [0.05, 0.1) is 41.0 Å². The van der Waals surface area contributed by atoms with E-state index in [-0.39, 0.29) is 18.4 Å². The van der Waals surface area contributed by atoms with Gasteiger partial charge in [-0.15, -0.1) is 0 Å². The third kappa shape index (κ3) is 3.77. The third-order valence-electron chi connectivity index (χ3n) is 4.83. The Hall–Kier alpha value is -3.09. The van der Waals surface area contributed by atoms with Crippen LogP contribution in [-0.2, 0) is 17.8 Å². The largest absolute Gasteiger partial charge is 0.493 e. The molecular weight excluding hydrogens is 374 g/mol. The van der Waals surface area contributed by atoms with Crippen LogP contribution in [0.3, 0.4) is 0 Å². The van der Waals surface area contributed by atoms with Crippen molar-refractivity contribution in [3.05, 3.63) is 29.3 Å². The first kappa shape index (κ1) is 20.6. The SMILES string of the molecule is COc1cc(-c2ccc(OC)c(OC)c2OC)c2c(c1OC(C)C)CNC(=O)C2. The van der Waals surface area contributed by atoms with Crippen LogP contribution in [0.15, 0.2) is 18.2 Å². The summed E-state index contributed by atoms with van der Waals surface area (Å²) in [5, 5.41) is 2.90. The van der Waals surface area contributed by atoms with Gasteiger partial charge in [-0.25, -0.2) is 0 Å². The molecule has 0 unspecified atom stereocenters. The van der Waals surface area contributed by atoms with Crippen LogP contribution >= 0.6 is 0 Å². The Kier molecular flexibility index (Phi) is 6.06. The highest BCUT2D eigenvalue weighted by molar-refractivity contribution is 5.89. The third-order valence-corrected chi connectivity index (χ3v) is 4.83. The van der Waals surface area contributed by atoms with E-state index >= 15 is 0 Å². The van der Waals surface area contributed by atoms with Crippen molar-refractivity contribution in [3.63, 3.8) is 0 Å². The number of ether oxygens (including phenoxy) is 5. The molecule has 1 aliphatic rings. The first-order chi connectivity index (χ1) is 13.9. The number of carbonyl (C=O) groups is 1. The van der Waals surface area contributed by atoms with Gasteiger partial charge in [0, 0.05) is 17.7 Å². The molecule has 2 aromatic rings. The van der Waals surface area contributed by atoms with E-state index in [4.69, 9.17) is 23.7 Å². The highest BCUT2D eigenvalue weighted by atomic mass is 16.5. The molecule has 1 aliphatic heterocycles. The summed E-state index contributed by atoms with van der Waals surface area (Å²) in [4.78, 5) is 12.2. The maximum Gasteiger partial charge on any atom is 0.224 e. The van der Waals surface area contributed by atoms with Crippen LogP contribution in [0.25, 0.3) is 11.1 Å². The quantitative estimate of drug-likeness (QED) is 0.767. The molecule has 7 heteroatoms. The van der Waals surface area contributed by atoms with Crippen LogP contribution in [-0.4, -0.2) is 40.5 Å². The van der Waals surface area contributed by atoms with Crippen LogP contribution in [0.1, 0.15) is 25.0 Å². The lowest BCUT2D eigenvalue weighted by molar-refractivity contribution is -0.121. The first-order valence-corrected chi connectivity index (χ1v) is 9.40. The van der Waals surface area contributed by atoms with Gasteiger partial charge >= 0.3 is 0 Å². The number of fused-ring (bicyclic) bond motifs is 1. The monoisotopic (exact) mass is 401 g/mol.